The molecule has 2 unspecified atom stereocenters. The molecule has 2 rings (SSSR count). The molecule has 2 atom stereocenters. The van der Waals surface area contributed by atoms with Crippen molar-refractivity contribution in [3.63, 3.8) is 0 Å². The first-order valence-electron chi connectivity index (χ1n) is 6.40. The largest absolute Gasteiger partial charge is 0.312 e. The Morgan fingerprint density at radius 2 is 1.94 bits per heavy atom. The fraction of sp³-hybridized carbons (Fsp3) is 0.571. The number of rotatable bonds is 5. The van der Waals surface area contributed by atoms with E-state index in [2.05, 4.69) is 17.4 Å². The van der Waals surface area contributed by atoms with Crippen molar-refractivity contribution in [3.05, 3.63) is 35.9 Å². The molecule has 1 aromatic carbocycles. The van der Waals surface area contributed by atoms with Crippen LogP contribution in [-0.2, 0) is 10.8 Å². The monoisotopic (exact) mass is 251 g/mol. The number of hydrogen-bond donors (Lipinski definition) is 1. The van der Waals surface area contributed by atoms with Crippen LogP contribution in [0, 0.1) is 0 Å². The van der Waals surface area contributed by atoms with Crippen molar-refractivity contribution in [2.24, 2.45) is 0 Å². The lowest BCUT2D eigenvalue weighted by Crippen LogP contribution is -2.26. The molecule has 0 aromatic heterocycles. The van der Waals surface area contributed by atoms with Gasteiger partial charge in [-0.1, -0.05) is 43.2 Å². The highest BCUT2D eigenvalue weighted by Gasteiger charge is 2.23. The SMILES string of the molecule is CNC(CS(=O)C1CCCC1)c1ccccc1. The van der Waals surface area contributed by atoms with E-state index in [0.29, 0.717) is 5.25 Å². The average molecular weight is 251 g/mol. The molecular formula is C14H21NOS. The van der Waals surface area contributed by atoms with Crippen LogP contribution < -0.4 is 5.32 Å². The molecule has 0 bridgehead atoms. The van der Waals surface area contributed by atoms with Crippen molar-refractivity contribution < 1.29 is 4.21 Å². The minimum atomic E-state index is -0.688. The fourth-order valence-corrected chi connectivity index (χ4v) is 4.30. The molecule has 0 amide bonds. The highest BCUT2D eigenvalue weighted by molar-refractivity contribution is 7.85. The van der Waals surface area contributed by atoms with Gasteiger partial charge in [0.15, 0.2) is 0 Å². The first-order chi connectivity index (χ1) is 8.31. The summed E-state index contributed by atoms with van der Waals surface area (Å²) in [6, 6.07) is 10.5. The second kappa shape index (κ2) is 6.31. The normalized spacial score (nSPS) is 20.3. The summed E-state index contributed by atoms with van der Waals surface area (Å²) in [5.41, 5.74) is 1.24. The van der Waals surface area contributed by atoms with E-state index in [0.717, 1.165) is 18.6 Å². The van der Waals surface area contributed by atoms with Crippen LogP contribution in [0.5, 0.6) is 0 Å². The Bertz CT molecular complexity index is 360. The van der Waals surface area contributed by atoms with E-state index in [1.54, 1.807) is 0 Å². The molecule has 2 nitrogen and oxygen atoms in total. The van der Waals surface area contributed by atoms with E-state index < -0.39 is 10.8 Å². The zero-order valence-electron chi connectivity index (χ0n) is 10.4. The lowest BCUT2D eigenvalue weighted by Gasteiger charge is -2.18. The molecule has 1 aliphatic rings. The second-order valence-corrected chi connectivity index (χ2v) is 6.47. The molecule has 94 valence electrons. The zero-order chi connectivity index (χ0) is 12.1. The molecule has 3 heteroatoms. The molecule has 0 aliphatic heterocycles. The summed E-state index contributed by atoms with van der Waals surface area (Å²) in [6.07, 6.45) is 4.81. The predicted molar refractivity (Wildman–Crippen MR) is 73.5 cm³/mol. The summed E-state index contributed by atoms with van der Waals surface area (Å²) >= 11 is 0. The van der Waals surface area contributed by atoms with Crippen LogP contribution in [0.2, 0.25) is 0 Å². The third-order valence-corrected chi connectivity index (χ3v) is 5.43. The molecule has 0 spiro atoms. The van der Waals surface area contributed by atoms with Gasteiger partial charge in [-0.25, -0.2) is 0 Å². The smallest absolute Gasteiger partial charge is 0.0434 e. The Morgan fingerprint density at radius 3 is 2.53 bits per heavy atom. The van der Waals surface area contributed by atoms with Crippen molar-refractivity contribution >= 4 is 10.8 Å². The zero-order valence-corrected chi connectivity index (χ0v) is 11.2. The Balaban J connectivity index is 1.97. The van der Waals surface area contributed by atoms with E-state index in [9.17, 15) is 4.21 Å². The summed E-state index contributed by atoms with van der Waals surface area (Å²) in [5, 5.41) is 3.72. The molecular weight excluding hydrogens is 230 g/mol. The maximum atomic E-state index is 12.3. The summed E-state index contributed by atoms with van der Waals surface area (Å²) in [7, 11) is 1.26. The van der Waals surface area contributed by atoms with Crippen LogP contribution in [0.3, 0.4) is 0 Å². The van der Waals surface area contributed by atoms with E-state index >= 15 is 0 Å². The number of nitrogens with one attached hydrogen (secondary N) is 1. The van der Waals surface area contributed by atoms with Gasteiger partial charge in [0.2, 0.25) is 0 Å². The van der Waals surface area contributed by atoms with Gasteiger partial charge in [-0.05, 0) is 25.5 Å². The van der Waals surface area contributed by atoms with Gasteiger partial charge in [0.05, 0.1) is 0 Å². The van der Waals surface area contributed by atoms with Crippen molar-refractivity contribution in [2.45, 2.75) is 37.0 Å². The van der Waals surface area contributed by atoms with Crippen molar-refractivity contribution in [2.75, 3.05) is 12.8 Å². The quantitative estimate of drug-likeness (QED) is 0.871. The van der Waals surface area contributed by atoms with Gasteiger partial charge in [0, 0.05) is 27.8 Å². The van der Waals surface area contributed by atoms with Crippen LogP contribution >= 0.6 is 0 Å². The van der Waals surface area contributed by atoms with Gasteiger partial charge in [-0.15, -0.1) is 0 Å². The molecule has 1 fully saturated rings. The van der Waals surface area contributed by atoms with Gasteiger partial charge in [-0.2, -0.15) is 0 Å². The highest BCUT2D eigenvalue weighted by atomic mass is 32.2. The Labute approximate surface area is 106 Å². The summed E-state index contributed by atoms with van der Waals surface area (Å²) in [4.78, 5) is 0. The lowest BCUT2D eigenvalue weighted by atomic mass is 10.1. The second-order valence-electron chi connectivity index (χ2n) is 4.71. The van der Waals surface area contributed by atoms with Gasteiger partial charge in [0.1, 0.15) is 0 Å². The molecule has 17 heavy (non-hydrogen) atoms. The number of benzene rings is 1. The predicted octanol–water partition coefficient (Wildman–Crippen LogP) is 2.64. The third kappa shape index (κ3) is 3.39. The van der Waals surface area contributed by atoms with Crippen LogP contribution in [-0.4, -0.2) is 22.3 Å². The summed E-state index contributed by atoms with van der Waals surface area (Å²) < 4.78 is 12.3. The van der Waals surface area contributed by atoms with Gasteiger partial charge in [0.25, 0.3) is 0 Å². The fourth-order valence-electron chi connectivity index (χ4n) is 2.48. The van der Waals surface area contributed by atoms with E-state index in [4.69, 9.17) is 0 Å². The Hall–Kier alpha value is -0.670. The van der Waals surface area contributed by atoms with Gasteiger partial charge < -0.3 is 5.32 Å². The molecule has 0 heterocycles. The van der Waals surface area contributed by atoms with Gasteiger partial charge >= 0.3 is 0 Å². The minimum absolute atomic E-state index is 0.220. The first kappa shape index (κ1) is 12.8. The molecule has 1 saturated carbocycles. The van der Waals surface area contributed by atoms with Gasteiger partial charge in [-0.3, -0.25) is 4.21 Å². The molecule has 0 radical (unpaired) electrons. The standard InChI is InChI=1S/C14H21NOS/c1-15-14(12-7-3-2-4-8-12)11-17(16)13-9-5-6-10-13/h2-4,7-8,13-15H,5-6,9-11H2,1H3. The van der Waals surface area contributed by atoms with Crippen molar-refractivity contribution in [3.8, 4) is 0 Å². The summed E-state index contributed by atoms with van der Waals surface area (Å²) in [6.45, 7) is 0. The lowest BCUT2D eigenvalue weighted by molar-refractivity contribution is 0.627. The minimum Gasteiger partial charge on any atom is -0.312 e. The first-order valence-corrected chi connectivity index (χ1v) is 7.79. The van der Waals surface area contributed by atoms with E-state index in [1.807, 2.05) is 25.2 Å². The third-order valence-electron chi connectivity index (χ3n) is 3.56. The van der Waals surface area contributed by atoms with E-state index in [-0.39, 0.29) is 6.04 Å². The molecule has 1 N–H and O–H groups in total. The van der Waals surface area contributed by atoms with E-state index in [1.165, 1.54) is 18.4 Å². The highest BCUT2D eigenvalue weighted by Crippen LogP contribution is 2.25. The van der Waals surface area contributed by atoms with Crippen molar-refractivity contribution in [1.82, 2.24) is 5.32 Å². The Kier molecular flexibility index (Phi) is 4.75. The van der Waals surface area contributed by atoms with Crippen LogP contribution in [0.25, 0.3) is 0 Å². The van der Waals surface area contributed by atoms with Crippen LogP contribution in [0.4, 0.5) is 0 Å². The Morgan fingerprint density at radius 1 is 1.29 bits per heavy atom. The van der Waals surface area contributed by atoms with Crippen LogP contribution in [0.15, 0.2) is 30.3 Å². The summed E-state index contributed by atoms with van der Waals surface area (Å²) in [5.74, 6) is 0.741. The maximum absolute atomic E-state index is 12.3. The van der Waals surface area contributed by atoms with Crippen molar-refractivity contribution in [1.29, 1.82) is 0 Å². The maximum Gasteiger partial charge on any atom is 0.0434 e. The molecule has 1 aromatic rings. The number of hydrogen-bond acceptors (Lipinski definition) is 2. The molecule has 0 saturated heterocycles. The topological polar surface area (TPSA) is 29.1 Å². The average Bonchev–Trinajstić information content (AvgIpc) is 2.90. The van der Waals surface area contributed by atoms with Crippen LogP contribution in [0.1, 0.15) is 37.3 Å². The molecule has 1 aliphatic carbocycles.